The fourth-order valence-corrected chi connectivity index (χ4v) is 2.98. The first kappa shape index (κ1) is 17.8. The van der Waals surface area contributed by atoms with Gasteiger partial charge >= 0.3 is 5.97 Å². The van der Waals surface area contributed by atoms with Gasteiger partial charge in [0, 0.05) is 18.0 Å². The number of benzene rings is 1. The van der Waals surface area contributed by atoms with Gasteiger partial charge in [0.25, 0.3) is 0 Å². The summed E-state index contributed by atoms with van der Waals surface area (Å²) in [4.78, 5) is 27.7. The van der Waals surface area contributed by atoms with Crippen LogP contribution in [0.1, 0.15) is 29.4 Å². The number of hydrogen-bond donors (Lipinski definition) is 1. The molecule has 0 unspecified atom stereocenters. The van der Waals surface area contributed by atoms with Gasteiger partial charge in [0.05, 0.1) is 18.5 Å². The smallest absolute Gasteiger partial charge is 0.357 e. The lowest BCUT2D eigenvalue weighted by Crippen LogP contribution is -2.12. The first-order valence-electron chi connectivity index (χ1n) is 8.17. The highest BCUT2D eigenvalue weighted by molar-refractivity contribution is 7.14. The molecule has 0 atom stereocenters. The van der Waals surface area contributed by atoms with Crippen molar-refractivity contribution in [3.63, 3.8) is 0 Å². The van der Waals surface area contributed by atoms with Crippen LogP contribution in [0, 0.1) is 0 Å². The topological polar surface area (TPSA) is 86.1 Å². The van der Waals surface area contributed by atoms with Gasteiger partial charge in [-0.3, -0.25) is 4.79 Å². The third-order valence-corrected chi connectivity index (χ3v) is 4.29. The number of esters is 1. The molecule has 0 fully saturated rings. The maximum absolute atomic E-state index is 12.1. The molecule has 0 spiro atoms. The van der Waals surface area contributed by atoms with E-state index in [2.05, 4.69) is 15.4 Å². The minimum atomic E-state index is -0.488. The quantitative estimate of drug-likeness (QED) is 0.646. The van der Waals surface area contributed by atoms with Crippen molar-refractivity contribution in [2.75, 3.05) is 11.9 Å². The standard InChI is InChI=1S/C18H18N4O3S/c1-2-25-17(24)15-12-26-18(20-15)21-16(23)9-8-13-10-19-22(11-13)14-6-4-3-5-7-14/h3-7,10-12H,2,8-9H2,1H3,(H,20,21,23). The zero-order valence-corrected chi connectivity index (χ0v) is 15.0. The minimum Gasteiger partial charge on any atom is -0.461 e. The Labute approximate surface area is 154 Å². The lowest BCUT2D eigenvalue weighted by molar-refractivity contribution is -0.116. The van der Waals surface area contributed by atoms with Crippen molar-refractivity contribution >= 4 is 28.3 Å². The molecule has 26 heavy (non-hydrogen) atoms. The lowest BCUT2D eigenvalue weighted by Gasteiger charge is -2.01. The number of aryl methyl sites for hydroxylation is 1. The van der Waals surface area contributed by atoms with Gasteiger partial charge in [-0.2, -0.15) is 5.10 Å². The average molecular weight is 370 g/mol. The van der Waals surface area contributed by atoms with Crippen LogP contribution in [-0.2, 0) is 16.0 Å². The molecule has 1 N–H and O–H groups in total. The zero-order chi connectivity index (χ0) is 18.4. The van der Waals surface area contributed by atoms with Gasteiger partial charge in [-0.25, -0.2) is 14.5 Å². The van der Waals surface area contributed by atoms with Gasteiger partial charge in [-0.1, -0.05) is 18.2 Å². The number of para-hydroxylation sites is 1. The van der Waals surface area contributed by atoms with Crippen LogP contribution in [0.3, 0.4) is 0 Å². The molecule has 0 radical (unpaired) electrons. The maximum Gasteiger partial charge on any atom is 0.357 e. The summed E-state index contributed by atoms with van der Waals surface area (Å²) in [6.07, 6.45) is 4.52. The summed E-state index contributed by atoms with van der Waals surface area (Å²) < 4.78 is 6.65. The number of carbonyl (C=O) groups excluding carboxylic acids is 2. The fraction of sp³-hybridized carbons (Fsp3) is 0.222. The molecule has 0 saturated heterocycles. The first-order chi connectivity index (χ1) is 12.7. The van der Waals surface area contributed by atoms with Crippen molar-refractivity contribution in [2.45, 2.75) is 19.8 Å². The summed E-state index contributed by atoms with van der Waals surface area (Å²) in [6, 6.07) is 9.77. The second-order valence-corrected chi connectivity index (χ2v) is 6.29. The Balaban J connectivity index is 1.52. The molecule has 0 aliphatic carbocycles. The molecule has 3 aromatic rings. The molecule has 0 saturated carbocycles. The molecule has 3 rings (SSSR count). The Bertz CT molecular complexity index is 889. The monoisotopic (exact) mass is 370 g/mol. The normalized spacial score (nSPS) is 10.5. The van der Waals surface area contributed by atoms with Gasteiger partial charge in [0.2, 0.25) is 5.91 Å². The van der Waals surface area contributed by atoms with E-state index in [-0.39, 0.29) is 18.2 Å². The summed E-state index contributed by atoms with van der Waals surface area (Å²) >= 11 is 1.19. The first-order valence-corrected chi connectivity index (χ1v) is 9.05. The Morgan fingerprint density at radius 3 is 2.85 bits per heavy atom. The van der Waals surface area contributed by atoms with Gasteiger partial charge in [0.15, 0.2) is 10.8 Å². The molecule has 0 aliphatic heterocycles. The van der Waals surface area contributed by atoms with Crippen LogP contribution >= 0.6 is 11.3 Å². The highest BCUT2D eigenvalue weighted by atomic mass is 32.1. The number of aromatic nitrogens is 3. The average Bonchev–Trinajstić information content (AvgIpc) is 3.30. The Morgan fingerprint density at radius 1 is 1.27 bits per heavy atom. The number of rotatable bonds is 7. The molecule has 7 nitrogen and oxygen atoms in total. The van der Waals surface area contributed by atoms with Crippen LogP contribution < -0.4 is 5.32 Å². The maximum atomic E-state index is 12.1. The molecule has 1 aromatic carbocycles. The van der Waals surface area contributed by atoms with Crippen molar-refractivity contribution in [2.24, 2.45) is 0 Å². The number of carbonyl (C=O) groups is 2. The third-order valence-electron chi connectivity index (χ3n) is 3.53. The van der Waals surface area contributed by atoms with Crippen molar-refractivity contribution in [1.82, 2.24) is 14.8 Å². The minimum absolute atomic E-state index is 0.165. The van der Waals surface area contributed by atoms with Gasteiger partial charge in [0.1, 0.15) is 0 Å². The van der Waals surface area contributed by atoms with Crippen LogP contribution in [0.2, 0.25) is 0 Å². The van der Waals surface area contributed by atoms with Gasteiger partial charge in [-0.15, -0.1) is 11.3 Å². The molecule has 1 amide bonds. The molecule has 0 bridgehead atoms. The van der Waals surface area contributed by atoms with Gasteiger partial charge in [-0.05, 0) is 31.0 Å². The molecular formula is C18H18N4O3S. The molecule has 2 aromatic heterocycles. The van der Waals surface area contributed by atoms with E-state index < -0.39 is 5.97 Å². The highest BCUT2D eigenvalue weighted by Crippen LogP contribution is 2.17. The van der Waals surface area contributed by atoms with Gasteiger partial charge < -0.3 is 10.1 Å². The molecular weight excluding hydrogens is 352 g/mol. The van der Waals surface area contributed by atoms with E-state index >= 15 is 0 Å². The van der Waals surface area contributed by atoms with Crippen LogP contribution in [0.15, 0.2) is 48.1 Å². The van der Waals surface area contributed by atoms with E-state index in [4.69, 9.17) is 4.74 Å². The molecule has 2 heterocycles. The number of hydrogen-bond acceptors (Lipinski definition) is 6. The van der Waals surface area contributed by atoms with E-state index in [9.17, 15) is 9.59 Å². The Morgan fingerprint density at radius 2 is 2.08 bits per heavy atom. The van der Waals surface area contributed by atoms with Crippen LogP contribution in [-0.4, -0.2) is 33.2 Å². The second kappa shape index (κ2) is 8.39. The van der Waals surface area contributed by atoms with E-state index in [0.29, 0.717) is 18.0 Å². The van der Waals surface area contributed by atoms with E-state index in [0.717, 1.165) is 11.3 Å². The third kappa shape index (κ3) is 4.54. The number of anilines is 1. The summed E-state index contributed by atoms with van der Waals surface area (Å²) in [5.74, 6) is -0.653. The number of ether oxygens (including phenoxy) is 1. The predicted octanol–water partition coefficient (Wildman–Crippen LogP) is 3.08. The largest absolute Gasteiger partial charge is 0.461 e. The SMILES string of the molecule is CCOC(=O)c1csc(NC(=O)CCc2cnn(-c3ccccc3)c2)n1. The second-order valence-electron chi connectivity index (χ2n) is 5.44. The highest BCUT2D eigenvalue weighted by Gasteiger charge is 2.13. The number of nitrogens with zero attached hydrogens (tertiary/aromatic N) is 3. The van der Waals surface area contributed by atoms with Crippen LogP contribution in [0.25, 0.3) is 5.69 Å². The predicted molar refractivity (Wildman–Crippen MR) is 98.6 cm³/mol. The summed E-state index contributed by atoms with van der Waals surface area (Å²) in [7, 11) is 0. The number of amides is 1. The van der Waals surface area contributed by atoms with Crippen LogP contribution in [0.5, 0.6) is 0 Å². The molecule has 0 aliphatic rings. The van der Waals surface area contributed by atoms with E-state index in [1.165, 1.54) is 11.3 Å². The van der Waals surface area contributed by atoms with Crippen molar-refractivity contribution in [1.29, 1.82) is 0 Å². The van der Waals surface area contributed by atoms with E-state index in [1.54, 1.807) is 23.2 Å². The summed E-state index contributed by atoms with van der Waals surface area (Å²) in [6.45, 7) is 2.02. The van der Waals surface area contributed by atoms with E-state index in [1.807, 2.05) is 36.5 Å². The summed E-state index contributed by atoms with van der Waals surface area (Å²) in [5, 5.41) is 8.97. The molecule has 8 heteroatoms. The van der Waals surface area contributed by atoms with Crippen LogP contribution in [0.4, 0.5) is 5.13 Å². The number of thiazole rings is 1. The molecule has 134 valence electrons. The fourth-order valence-electron chi connectivity index (χ4n) is 2.28. The van der Waals surface area contributed by atoms with Crippen molar-refractivity contribution in [3.8, 4) is 5.69 Å². The van der Waals surface area contributed by atoms with Crippen molar-refractivity contribution in [3.05, 3.63) is 59.4 Å². The Hall–Kier alpha value is -3.00. The lowest BCUT2D eigenvalue weighted by atomic mass is 10.2. The zero-order valence-electron chi connectivity index (χ0n) is 14.2. The Kier molecular flexibility index (Phi) is 5.75. The summed E-state index contributed by atoms with van der Waals surface area (Å²) in [5.41, 5.74) is 2.14. The number of nitrogens with one attached hydrogen (secondary N) is 1. The van der Waals surface area contributed by atoms with Crippen molar-refractivity contribution < 1.29 is 14.3 Å².